The molecule has 0 aromatic heterocycles. The summed E-state index contributed by atoms with van der Waals surface area (Å²) >= 11 is 11.5. The summed E-state index contributed by atoms with van der Waals surface area (Å²) < 4.78 is 28.7. The molecule has 0 heterocycles. The highest BCUT2D eigenvalue weighted by molar-refractivity contribution is 7.93. The van der Waals surface area contributed by atoms with E-state index in [2.05, 4.69) is 15.4 Å². The van der Waals surface area contributed by atoms with E-state index >= 15 is 0 Å². The molecule has 8 heteroatoms. The number of aryl methyl sites for hydroxylation is 2. The van der Waals surface area contributed by atoms with Crippen molar-refractivity contribution in [2.45, 2.75) is 25.7 Å². The normalized spacial score (nSPS) is 11.1. The van der Waals surface area contributed by atoms with Gasteiger partial charge in [-0.05, 0) is 80.0 Å². The highest BCUT2D eigenvalue weighted by atomic mass is 35.5. The molecule has 3 N–H and O–H groups in total. The minimum Gasteiger partial charge on any atom is -0.332 e. The maximum Gasteiger partial charge on any atom is 0.264 e. The predicted octanol–water partition coefficient (Wildman–Crippen LogP) is 5.87. The van der Waals surface area contributed by atoms with Gasteiger partial charge in [0.1, 0.15) is 4.90 Å². The van der Waals surface area contributed by atoms with E-state index in [9.17, 15) is 8.42 Å². The van der Waals surface area contributed by atoms with Gasteiger partial charge in [-0.25, -0.2) is 8.42 Å². The molecule has 3 aromatic rings. The summed E-state index contributed by atoms with van der Waals surface area (Å²) in [7, 11) is -3.91. The molecule has 5 nitrogen and oxygen atoms in total. The Bertz CT molecular complexity index is 1210. The fourth-order valence-electron chi connectivity index (χ4n) is 2.86. The molecule has 0 atom stereocenters. The van der Waals surface area contributed by atoms with Crippen molar-refractivity contribution in [2.24, 2.45) is 0 Å². The van der Waals surface area contributed by atoms with Gasteiger partial charge in [-0.15, -0.1) is 0 Å². The number of nitrogens with one attached hydrogen (secondary N) is 3. The summed E-state index contributed by atoms with van der Waals surface area (Å²) in [6, 6.07) is 17.6. The van der Waals surface area contributed by atoms with Crippen molar-refractivity contribution in [1.29, 1.82) is 0 Å². The number of para-hydroxylation sites is 1. The lowest BCUT2D eigenvalue weighted by Crippen LogP contribution is -2.22. The minimum absolute atomic E-state index is 0.0764. The zero-order valence-corrected chi connectivity index (χ0v) is 19.2. The Morgan fingerprint density at radius 2 is 1.53 bits per heavy atom. The summed E-state index contributed by atoms with van der Waals surface area (Å²) in [6.45, 7) is 5.84. The fraction of sp³-hybridized carbons (Fsp3) is 0.136. The SMILES string of the molecule is Cc1ccc(NC(=S)Nc2cccc(C)c2C)c(S(=O)(=O)Nc2ccccc2Cl)c1. The summed E-state index contributed by atoms with van der Waals surface area (Å²) in [5.74, 6) is 0. The molecule has 0 unspecified atom stereocenters. The maximum absolute atomic E-state index is 13.1. The van der Waals surface area contributed by atoms with Crippen molar-refractivity contribution in [3.05, 3.63) is 82.4 Å². The Labute approximate surface area is 187 Å². The van der Waals surface area contributed by atoms with E-state index in [-0.39, 0.29) is 4.90 Å². The number of benzene rings is 3. The van der Waals surface area contributed by atoms with Crippen LogP contribution in [0.5, 0.6) is 0 Å². The largest absolute Gasteiger partial charge is 0.332 e. The third-order valence-corrected chi connectivity index (χ3v) is 6.58. The first-order valence-electron chi connectivity index (χ1n) is 9.19. The van der Waals surface area contributed by atoms with Crippen molar-refractivity contribution < 1.29 is 8.42 Å². The van der Waals surface area contributed by atoms with Crippen molar-refractivity contribution in [1.82, 2.24) is 0 Å². The van der Waals surface area contributed by atoms with E-state index in [1.165, 1.54) is 0 Å². The Hall–Kier alpha value is -2.61. The molecule has 0 amide bonds. The number of hydrogen-bond acceptors (Lipinski definition) is 3. The molecule has 0 spiro atoms. The predicted molar refractivity (Wildman–Crippen MR) is 129 cm³/mol. The van der Waals surface area contributed by atoms with Gasteiger partial charge in [0.15, 0.2) is 5.11 Å². The monoisotopic (exact) mass is 459 g/mol. The van der Waals surface area contributed by atoms with E-state index in [0.717, 1.165) is 22.4 Å². The molecule has 3 rings (SSSR count). The van der Waals surface area contributed by atoms with E-state index < -0.39 is 10.0 Å². The second kappa shape index (κ2) is 9.04. The first kappa shape index (κ1) is 22.1. The smallest absolute Gasteiger partial charge is 0.264 e. The topological polar surface area (TPSA) is 70.2 Å². The molecule has 0 aliphatic heterocycles. The number of anilines is 3. The van der Waals surface area contributed by atoms with Gasteiger partial charge in [-0.2, -0.15) is 0 Å². The van der Waals surface area contributed by atoms with Gasteiger partial charge in [-0.1, -0.05) is 41.9 Å². The lowest BCUT2D eigenvalue weighted by molar-refractivity contribution is 0.601. The van der Waals surface area contributed by atoms with E-state index in [1.807, 2.05) is 45.0 Å². The molecule has 0 fully saturated rings. The Balaban J connectivity index is 1.89. The highest BCUT2D eigenvalue weighted by Gasteiger charge is 2.21. The quantitative estimate of drug-likeness (QED) is 0.416. The van der Waals surface area contributed by atoms with E-state index in [0.29, 0.717) is 21.5 Å². The van der Waals surface area contributed by atoms with Crippen LogP contribution in [-0.2, 0) is 10.0 Å². The first-order valence-corrected chi connectivity index (χ1v) is 11.5. The Morgan fingerprint density at radius 1 is 0.867 bits per heavy atom. The summed E-state index contributed by atoms with van der Waals surface area (Å²) in [5, 5.41) is 6.75. The molecular weight excluding hydrogens is 438 g/mol. The van der Waals surface area contributed by atoms with Gasteiger partial charge < -0.3 is 10.6 Å². The van der Waals surface area contributed by atoms with Crippen LogP contribution in [-0.4, -0.2) is 13.5 Å². The van der Waals surface area contributed by atoms with Crippen molar-refractivity contribution in [2.75, 3.05) is 15.4 Å². The van der Waals surface area contributed by atoms with Gasteiger partial charge in [0.25, 0.3) is 10.0 Å². The van der Waals surface area contributed by atoms with Gasteiger partial charge >= 0.3 is 0 Å². The first-order chi connectivity index (χ1) is 14.2. The molecular formula is C22H22ClN3O2S2. The van der Waals surface area contributed by atoms with Crippen LogP contribution in [0, 0.1) is 20.8 Å². The molecule has 0 aliphatic carbocycles. The molecule has 0 saturated heterocycles. The summed E-state index contributed by atoms with van der Waals surface area (Å²) in [5.41, 5.74) is 4.53. The second-order valence-electron chi connectivity index (χ2n) is 6.91. The van der Waals surface area contributed by atoms with Crippen LogP contribution >= 0.6 is 23.8 Å². The van der Waals surface area contributed by atoms with Gasteiger partial charge in [-0.3, -0.25) is 4.72 Å². The fourth-order valence-corrected chi connectivity index (χ4v) is 4.65. The number of hydrogen-bond donors (Lipinski definition) is 3. The molecule has 30 heavy (non-hydrogen) atoms. The molecule has 156 valence electrons. The molecule has 3 aromatic carbocycles. The van der Waals surface area contributed by atoms with Gasteiger partial charge in [0, 0.05) is 5.69 Å². The van der Waals surface area contributed by atoms with Gasteiger partial charge in [0.05, 0.1) is 16.4 Å². The van der Waals surface area contributed by atoms with Crippen molar-refractivity contribution >= 4 is 56.0 Å². The summed E-state index contributed by atoms with van der Waals surface area (Å²) in [6.07, 6.45) is 0. The average molecular weight is 460 g/mol. The van der Waals surface area contributed by atoms with Crippen LogP contribution < -0.4 is 15.4 Å². The van der Waals surface area contributed by atoms with Crippen molar-refractivity contribution in [3.8, 4) is 0 Å². The van der Waals surface area contributed by atoms with Gasteiger partial charge in [0.2, 0.25) is 0 Å². The minimum atomic E-state index is -3.91. The van der Waals surface area contributed by atoms with Crippen LogP contribution in [0.3, 0.4) is 0 Å². The molecule has 0 aliphatic rings. The lowest BCUT2D eigenvalue weighted by Gasteiger charge is -2.17. The number of rotatable bonds is 5. The summed E-state index contributed by atoms with van der Waals surface area (Å²) in [4.78, 5) is 0.0764. The number of thiocarbonyl (C=S) groups is 1. The van der Waals surface area contributed by atoms with E-state index in [1.54, 1.807) is 36.4 Å². The molecule has 0 radical (unpaired) electrons. The standard InChI is InChI=1S/C22H22ClN3O2S2/c1-14-11-12-20(25-22(29)24-18-10-6-7-15(2)16(18)3)21(13-14)30(27,28)26-19-9-5-4-8-17(19)23/h4-13,26H,1-3H3,(H2,24,25,29). The third-order valence-electron chi connectivity index (χ3n) is 4.65. The van der Waals surface area contributed by atoms with Crippen LogP contribution in [0.2, 0.25) is 5.02 Å². The van der Waals surface area contributed by atoms with Crippen LogP contribution in [0.4, 0.5) is 17.1 Å². The maximum atomic E-state index is 13.1. The number of halogens is 1. The lowest BCUT2D eigenvalue weighted by atomic mass is 10.1. The van der Waals surface area contributed by atoms with E-state index in [4.69, 9.17) is 23.8 Å². The highest BCUT2D eigenvalue weighted by Crippen LogP contribution is 2.28. The number of sulfonamides is 1. The Morgan fingerprint density at radius 3 is 2.27 bits per heavy atom. The molecule has 0 saturated carbocycles. The van der Waals surface area contributed by atoms with Crippen molar-refractivity contribution in [3.63, 3.8) is 0 Å². The molecule has 0 bridgehead atoms. The van der Waals surface area contributed by atoms with Crippen LogP contribution in [0.1, 0.15) is 16.7 Å². The Kier molecular flexibility index (Phi) is 6.65. The third kappa shape index (κ3) is 5.11. The zero-order chi connectivity index (χ0) is 21.9. The van der Waals surface area contributed by atoms with Crippen LogP contribution in [0.25, 0.3) is 0 Å². The van der Waals surface area contributed by atoms with Crippen LogP contribution in [0.15, 0.2) is 65.6 Å². The zero-order valence-electron chi connectivity index (χ0n) is 16.8. The average Bonchev–Trinajstić information content (AvgIpc) is 2.68. The second-order valence-corrected chi connectivity index (χ2v) is 9.38.